The second kappa shape index (κ2) is 7.69. The molecule has 4 rings (SSSR count). The zero-order valence-corrected chi connectivity index (χ0v) is 16.3. The highest BCUT2D eigenvalue weighted by Crippen LogP contribution is 2.27. The third-order valence-electron chi connectivity index (χ3n) is 4.67. The maximum atomic E-state index is 13.5. The van der Waals surface area contributed by atoms with Gasteiger partial charge in [-0.1, -0.05) is 5.16 Å². The second-order valence-electron chi connectivity index (χ2n) is 6.70. The van der Waals surface area contributed by atoms with Crippen LogP contribution >= 0.6 is 11.3 Å². The molecule has 1 aromatic carbocycles. The van der Waals surface area contributed by atoms with Crippen LogP contribution in [0.3, 0.4) is 0 Å². The molecule has 1 atom stereocenters. The maximum absolute atomic E-state index is 13.5. The average Bonchev–Trinajstić information content (AvgIpc) is 3.32. The SMILES string of the molecule is O=S(=O)(c1cc(F)cc(F)c1)N1CCCC(Cc2nc(-c3ccsc3)no2)C1. The molecule has 148 valence electrons. The highest BCUT2D eigenvalue weighted by Gasteiger charge is 2.31. The van der Waals surface area contributed by atoms with Crippen LogP contribution in [0.2, 0.25) is 0 Å². The van der Waals surface area contributed by atoms with E-state index >= 15 is 0 Å². The van der Waals surface area contributed by atoms with E-state index in [4.69, 9.17) is 4.52 Å². The van der Waals surface area contributed by atoms with Crippen LogP contribution in [0.15, 0.2) is 44.4 Å². The van der Waals surface area contributed by atoms with Crippen LogP contribution in [-0.2, 0) is 16.4 Å². The van der Waals surface area contributed by atoms with Crippen molar-refractivity contribution in [1.82, 2.24) is 14.4 Å². The number of sulfonamides is 1. The number of aromatic nitrogens is 2. The fraction of sp³-hybridized carbons (Fsp3) is 0.333. The lowest BCUT2D eigenvalue weighted by Gasteiger charge is -2.31. The van der Waals surface area contributed by atoms with E-state index in [0.717, 1.165) is 24.1 Å². The fourth-order valence-electron chi connectivity index (χ4n) is 3.33. The van der Waals surface area contributed by atoms with Crippen molar-refractivity contribution in [1.29, 1.82) is 0 Å². The summed E-state index contributed by atoms with van der Waals surface area (Å²) in [4.78, 5) is 4.01. The van der Waals surface area contributed by atoms with Gasteiger partial charge in [0, 0.05) is 36.5 Å². The summed E-state index contributed by atoms with van der Waals surface area (Å²) in [6.45, 7) is 0.539. The summed E-state index contributed by atoms with van der Waals surface area (Å²) in [5.74, 6) is -0.898. The summed E-state index contributed by atoms with van der Waals surface area (Å²) in [5, 5.41) is 7.80. The predicted octanol–water partition coefficient (Wildman–Crippen LogP) is 3.72. The lowest BCUT2D eigenvalue weighted by Crippen LogP contribution is -2.40. The Hall–Kier alpha value is -2.17. The normalized spacial score (nSPS) is 18.4. The van der Waals surface area contributed by atoms with Gasteiger partial charge in [0.05, 0.1) is 4.90 Å². The van der Waals surface area contributed by atoms with Crippen LogP contribution in [0.5, 0.6) is 0 Å². The topological polar surface area (TPSA) is 76.3 Å². The largest absolute Gasteiger partial charge is 0.339 e. The van der Waals surface area contributed by atoms with Crippen molar-refractivity contribution < 1.29 is 21.7 Å². The number of piperidine rings is 1. The van der Waals surface area contributed by atoms with Gasteiger partial charge >= 0.3 is 0 Å². The lowest BCUT2D eigenvalue weighted by atomic mass is 9.96. The van der Waals surface area contributed by atoms with E-state index in [9.17, 15) is 17.2 Å². The molecule has 3 heterocycles. The first-order valence-corrected chi connectivity index (χ1v) is 11.1. The van der Waals surface area contributed by atoms with E-state index in [2.05, 4.69) is 10.1 Å². The van der Waals surface area contributed by atoms with Crippen LogP contribution in [0.1, 0.15) is 18.7 Å². The van der Waals surface area contributed by atoms with Gasteiger partial charge in [-0.3, -0.25) is 0 Å². The molecule has 1 aliphatic heterocycles. The zero-order chi connectivity index (χ0) is 19.7. The molecule has 0 saturated carbocycles. The molecule has 1 aliphatic rings. The molecular weight excluding hydrogens is 408 g/mol. The summed E-state index contributed by atoms with van der Waals surface area (Å²) in [5.41, 5.74) is 0.876. The standard InChI is InChI=1S/C18H17F2N3O3S2/c19-14-7-15(20)9-16(8-14)28(24,25)23-4-1-2-12(10-23)6-17-21-18(22-26-17)13-3-5-27-11-13/h3,5,7-9,11-12H,1-2,4,6,10H2. The van der Waals surface area contributed by atoms with Gasteiger partial charge in [0.15, 0.2) is 0 Å². The molecule has 0 aliphatic carbocycles. The highest BCUT2D eigenvalue weighted by molar-refractivity contribution is 7.89. The van der Waals surface area contributed by atoms with Gasteiger partial charge in [-0.25, -0.2) is 17.2 Å². The molecule has 28 heavy (non-hydrogen) atoms. The zero-order valence-electron chi connectivity index (χ0n) is 14.7. The van der Waals surface area contributed by atoms with Crippen molar-refractivity contribution >= 4 is 21.4 Å². The Morgan fingerprint density at radius 1 is 1.25 bits per heavy atom. The summed E-state index contributed by atoms with van der Waals surface area (Å²) >= 11 is 1.53. The third-order valence-corrected chi connectivity index (χ3v) is 7.19. The van der Waals surface area contributed by atoms with Crippen LogP contribution < -0.4 is 0 Å². The summed E-state index contributed by atoms with van der Waals surface area (Å²) in [6.07, 6.45) is 1.90. The monoisotopic (exact) mass is 425 g/mol. The third kappa shape index (κ3) is 3.98. The lowest BCUT2D eigenvalue weighted by molar-refractivity contribution is 0.247. The maximum Gasteiger partial charge on any atom is 0.243 e. The van der Waals surface area contributed by atoms with Gasteiger partial charge in [-0.05, 0) is 42.3 Å². The van der Waals surface area contributed by atoms with Crippen LogP contribution in [0.4, 0.5) is 8.78 Å². The molecule has 10 heteroatoms. The van der Waals surface area contributed by atoms with Crippen molar-refractivity contribution in [3.63, 3.8) is 0 Å². The van der Waals surface area contributed by atoms with E-state index in [0.29, 0.717) is 37.2 Å². The molecule has 0 radical (unpaired) electrons. The van der Waals surface area contributed by atoms with Gasteiger partial charge in [-0.2, -0.15) is 20.6 Å². The Bertz CT molecular complexity index is 1050. The Kier molecular flexibility index (Phi) is 5.26. The van der Waals surface area contributed by atoms with Crippen molar-refractivity contribution in [3.05, 3.63) is 52.6 Å². The summed E-state index contributed by atoms with van der Waals surface area (Å²) in [6, 6.07) is 4.23. The quantitative estimate of drug-likeness (QED) is 0.623. The first kappa shape index (κ1) is 19.2. The van der Waals surface area contributed by atoms with Crippen molar-refractivity contribution in [2.45, 2.75) is 24.2 Å². The van der Waals surface area contributed by atoms with Gasteiger partial charge in [0.25, 0.3) is 0 Å². The number of halogens is 2. The molecule has 0 amide bonds. The van der Waals surface area contributed by atoms with E-state index in [1.54, 1.807) is 0 Å². The Balaban J connectivity index is 1.48. The molecule has 1 unspecified atom stereocenters. The van der Waals surface area contributed by atoms with Crippen molar-refractivity contribution in [3.8, 4) is 11.4 Å². The fourth-order valence-corrected chi connectivity index (χ4v) is 5.56. The van der Waals surface area contributed by atoms with E-state index in [1.165, 1.54) is 15.6 Å². The predicted molar refractivity (Wildman–Crippen MR) is 99.2 cm³/mol. The number of hydrogen-bond acceptors (Lipinski definition) is 6. The summed E-state index contributed by atoms with van der Waals surface area (Å²) < 4.78 is 59.1. The average molecular weight is 425 g/mol. The van der Waals surface area contributed by atoms with E-state index in [1.807, 2.05) is 16.8 Å². The molecular formula is C18H17F2N3O3S2. The Morgan fingerprint density at radius 3 is 2.75 bits per heavy atom. The van der Waals surface area contributed by atoms with Crippen molar-refractivity contribution in [2.24, 2.45) is 5.92 Å². The van der Waals surface area contributed by atoms with Crippen LogP contribution in [-0.4, -0.2) is 36.0 Å². The smallest absolute Gasteiger partial charge is 0.243 e. The number of nitrogens with zero attached hydrogens (tertiary/aromatic N) is 3. The van der Waals surface area contributed by atoms with Gasteiger partial charge < -0.3 is 4.52 Å². The Morgan fingerprint density at radius 2 is 2.04 bits per heavy atom. The van der Waals surface area contributed by atoms with Crippen LogP contribution in [0.25, 0.3) is 11.4 Å². The molecule has 0 N–H and O–H groups in total. The minimum absolute atomic E-state index is 0.0160. The molecule has 0 bridgehead atoms. The molecule has 1 saturated heterocycles. The second-order valence-corrected chi connectivity index (χ2v) is 9.42. The van der Waals surface area contributed by atoms with Gasteiger partial charge in [0.2, 0.25) is 21.7 Å². The van der Waals surface area contributed by atoms with Crippen molar-refractivity contribution in [2.75, 3.05) is 13.1 Å². The molecule has 6 nitrogen and oxygen atoms in total. The number of rotatable bonds is 5. The van der Waals surface area contributed by atoms with E-state index < -0.39 is 21.7 Å². The molecule has 0 spiro atoms. The first-order chi connectivity index (χ1) is 13.4. The van der Waals surface area contributed by atoms with Gasteiger partial charge in [-0.15, -0.1) is 0 Å². The number of benzene rings is 1. The van der Waals surface area contributed by atoms with Gasteiger partial charge in [0.1, 0.15) is 11.6 Å². The molecule has 2 aromatic heterocycles. The van der Waals surface area contributed by atoms with Crippen LogP contribution in [0, 0.1) is 17.6 Å². The minimum Gasteiger partial charge on any atom is -0.339 e. The Labute approximate surface area is 164 Å². The molecule has 1 fully saturated rings. The minimum atomic E-state index is -3.97. The first-order valence-electron chi connectivity index (χ1n) is 8.73. The highest BCUT2D eigenvalue weighted by atomic mass is 32.2. The summed E-state index contributed by atoms with van der Waals surface area (Å²) in [7, 11) is -3.97. The number of hydrogen-bond donors (Lipinski definition) is 0. The molecule has 3 aromatic rings. The van der Waals surface area contributed by atoms with E-state index in [-0.39, 0.29) is 17.4 Å². The number of thiophene rings is 1.